The van der Waals surface area contributed by atoms with Crippen LogP contribution in [0.2, 0.25) is 0 Å². The third-order valence-electron chi connectivity index (χ3n) is 2.79. The molecule has 1 aromatic rings. The lowest BCUT2D eigenvalue weighted by Crippen LogP contribution is -2.28. The number of aliphatic hydroxyl groups is 1. The van der Waals surface area contributed by atoms with Gasteiger partial charge in [0.15, 0.2) is 0 Å². The Hall–Kier alpha value is -0.770. The standard InChI is InChI=1S/C12H18N2O.ClH/c13-11-3-1-2-10(8-11)9-14(6-7-15)12-4-5-12;/h1-3,8,12,15H,4-7,9,13H2;1H. The van der Waals surface area contributed by atoms with E-state index in [1.54, 1.807) is 0 Å². The number of hydrogen-bond acceptors (Lipinski definition) is 3. The molecule has 0 unspecified atom stereocenters. The quantitative estimate of drug-likeness (QED) is 0.772. The molecule has 0 saturated heterocycles. The van der Waals surface area contributed by atoms with Gasteiger partial charge in [-0.05, 0) is 30.5 Å². The minimum Gasteiger partial charge on any atom is -0.399 e. The van der Waals surface area contributed by atoms with Crippen molar-refractivity contribution in [2.24, 2.45) is 0 Å². The molecular formula is C12H19ClN2O. The maximum atomic E-state index is 8.98. The topological polar surface area (TPSA) is 49.5 Å². The van der Waals surface area contributed by atoms with Crippen molar-refractivity contribution < 1.29 is 5.11 Å². The summed E-state index contributed by atoms with van der Waals surface area (Å²) in [5.41, 5.74) is 7.78. The predicted octanol–water partition coefficient (Wildman–Crippen LogP) is 1.65. The van der Waals surface area contributed by atoms with Crippen LogP contribution in [0.15, 0.2) is 24.3 Å². The van der Waals surface area contributed by atoms with Gasteiger partial charge in [0, 0.05) is 24.8 Å². The highest BCUT2D eigenvalue weighted by Crippen LogP contribution is 2.28. The Morgan fingerprint density at radius 1 is 1.38 bits per heavy atom. The molecular weight excluding hydrogens is 224 g/mol. The van der Waals surface area contributed by atoms with Gasteiger partial charge in [0.05, 0.1) is 6.61 Å². The number of hydrogen-bond donors (Lipinski definition) is 2. The molecule has 0 spiro atoms. The molecule has 0 aliphatic heterocycles. The Labute approximate surface area is 103 Å². The van der Waals surface area contributed by atoms with Gasteiger partial charge in [0.2, 0.25) is 0 Å². The zero-order valence-electron chi connectivity index (χ0n) is 9.30. The van der Waals surface area contributed by atoms with E-state index in [0.29, 0.717) is 6.04 Å². The molecule has 1 aliphatic carbocycles. The van der Waals surface area contributed by atoms with E-state index >= 15 is 0 Å². The van der Waals surface area contributed by atoms with Crippen LogP contribution < -0.4 is 5.73 Å². The summed E-state index contributed by atoms with van der Waals surface area (Å²) in [7, 11) is 0. The van der Waals surface area contributed by atoms with Crippen molar-refractivity contribution >= 4 is 18.1 Å². The molecule has 0 radical (unpaired) electrons. The summed E-state index contributed by atoms with van der Waals surface area (Å²) in [6.45, 7) is 1.90. The second-order valence-corrected chi connectivity index (χ2v) is 4.17. The van der Waals surface area contributed by atoms with Gasteiger partial charge in [-0.1, -0.05) is 12.1 Å². The lowest BCUT2D eigenvalue weighted by molar-refractivity contribution is 0.183. The average molecular weight is 243 g/mol. The molecule has 90 valence electrons. The van der Waals surface area contributed by atoms with Crippen LogP contribution in [-0.2, 0) is 6.54 Å². The van der Waals surface area contributed by atoms with Crippen LogP contribution in [-0.4, -0.2) is 29.2 Å². The summed E-state index contributed by atoms with van der Waals surface area (Å²) >= 11 is 0. The maximum Gasteiger partial charge on any atom is 0.0558 e. The molecule has 0 aromatic heterocycles. The first kappa shape index (κ1) is 13.3. The fourth-order valence-electron chi connectivity index (χ4n) is 1.88. The van der Waals surface area contributed by atoms with E-state index < -0.39 is 0 Å². The van der Waals surface area contributed by atoms with E-state index in [1.165, 1.54) is 18.4 Å². The number of rotatable bonds is 5. The Morgan fingerprint density at radius 2 is 2.12 bits per heavy atom. The SMILES string of the molecule is Cl.Nc1cccc(CN(CCO)C2CC2)c1. The van der Waals surface area contributed by atoms with Crippen molar-refractivity contribution in [3.8, 4) is 0 Å². The first-order valence-electron chi connectivity index (χ1n) is 5.49. The first-order valence-corrected chi connectivity index (χ1v) is 5.49. The molecule has 16 heavy (non-hydrogen) atoms. The fraction of sp³-hybridized carbons (Fsp3) is 0.500. The first-order chi connectivity index (χ1) is 7.29. The van der Waals surface area contributed by atoms with Crippen LogP contribution in [0.4, 0.5) is 5.69 Å². The lowest BCUT2D eigenvalue weighted by atomic mass is 10.2. The summed E-state index contributed by atoms with van der Waals surface area (Å²) in [5.74, 6) is 0. The van der Waals surface area contributed by atoms with Gasteiger partial charge in [-0.3, -0.25) is 4.90 Å². The van der Waals surface area contributed by atoms with Crippen LogP contribution in [0.25, 0.3) is 0 Å². The minimum absolute atomic E-state index is 0. The maximum absolute atomic E-state index is 8.98. The Bertz CT molecular complexity index is 329. The highest BCUT2D eigenvalue weighted by molar-refractivity contribution is 5.85. The smallest absolute Gasteiger partial charge is 0.0558 e. The van der Waals surface area contributed by atoms with E-state index in [2.05, 4.69) is 11.0 Å². The lowest BCUT2D eigenvalue weighted by Gasteiger charge is -2.20. The van der Waals surface area contributed by atoms with E-state index in [0.717, 1.165) is 18.8 Å². The molecule has 0 bridgehead atoms. The summed E-state index contributed by atoms with van der Waals surface area (Å²) < 4.78 is 0. The highest BCUT2D eigenvalue weighted by atomic mass is 35.5. The van der Waals surface area contributed by atoms with Crippen molar-refractivity contribution in [3.05, 3.63) is 29.8 Å². The Kier molecular flexibility index (Phi) is 5.06. The van der Waals surface area contributed by atoms with E-state index in [-0.39, 0.29) is 19.0 Å². The molecule has 0 atom stereocenters. The van der Waals surface area contributed by atoms with Crippen molar-refractivity contribution in [1.29, 1.82) is 0 Å². The second kappa shape index (κ2) is 6.09. The summed E-state index contributed by atoms with van der Waals surface area (Å²) in [5, 5.41) is 8.98. The molecule has 0 heterocycles. The summed E-state index contributed by atoms with van der Waals surface area (Å²) in [6, 6.07) is 8.65. The third-order valence-corrected chi connectivity index (χ3v) is 2.79. The van der Waals surface area contributed by atoms with Crippen LogP contribution in [0.1, 0.15) is 18.4 Å². The monoisotopic (exact) mass is 242 g/mol. The zero-order chi connectivity index (χ0) is 10.7. The van der Waals surface area contributed by atoms with Gasteiger partial charge in [-0.25, -0.2) is 0 Å². The molecule has 3 nitrogen and oxygen atoms in total. The summed E-state index contributed by atoms with van der Waals surface area (Å²) in [6.07, 6.45) is 2.53. The van der Waals surface area contributed by atoms with Crippen LogP contribution in [0.5, 0.6) is 0 Å². The molecule has 4 heteroatoms. The fourth-order valence-corrected chi connectivity index (χ4v) is 1.88. The van der Waals surface area contributed by atoms with Crippen LogP contribution >= 0.6 is 12.4 Å². The Morgan fingerprint density at radius 3 is 2.69 bits per heavy atom. The highest BCUT2D eigenvalue weighted by Gasteiger charge is 2.28. The predicted molar refractivity (Wildman–Crippen MR) is 68.6 cm³/mol. The molecule has 1 aromatic carbocycles. The van der Waals surface area contributed by atoms with E-state index in [1.807, 2.05) is 18.2 Å². The zero-order valence-corrected chi connectivity index (χ0v) is 10.1. The molecule has 2 rings (SSSR count). The third kappa shape index (κ3) is 3.67. The van der Waals surface area contributed by atoms with E-state index in [9.17, 15) is 0 Å². The molecule has 1 aliphatic rings. The summed E-state index contributed by atoms with van der Waals surface area (Å²) in [4.78, 5) is 2.33. The van der Waals surface area contributed by atoms with Crippen LogP contribution in [0.3, 0.4) is 0 Å². The van der Waals surface area contributed by atoms with Gasteiger partial charge in [0.1, 0.15) is 0 Å². The second-order valence-electron chi connectivity index (χ2n) is 4.17. The van der Waals surface area contributed by atoms with Gasteiger partial charge in [0.25, 0.3) is 0 Å². The molecule has 0 amide bonds. The van der Waals surface area contributed by atoms with Gasteiger partial charge in [-0.2, -0.15) is 0 Å². The number of nitrogen functional groups attached to an aromatic ring is 1. The molecule has 3 N–H and O–H groups in total. The number of benzene rings is 1. The van der Waals surface area contributed by atoms with Gasteiger partial charge < -0.3 is 10.8 Å². The number of nitrogens with zero attached hydrogens (tertiary/aromatic N) is 1. The minimum atomic E-state index is 0. The average Bonchev–Trinajstić information content (AvgIpc) is 3.00. The van der Waals surface area contributed by atoms with Crippen molar-refractivity contribution in [3.63, 3.8) is 0 Å². The van der Waals surface area contributed by atoms with Crippen molar-refractivity contribution in [2.45, 2.75) is 25.4 Å². The normalized spacial score (nSPS) is 14.9. The van der Waals surface area contributed by atoms with Crippen molar-refractivity contribution in [1.82, 2.24) is 4.90 Å². The Balaban J connectivity index is 0.00000128. The largest absolute Gasteiger partial charge is 0.399 e. The van der Waals surface area contributed by atoms with Crippen molar-refractivity contribution in [2.75, 3.05) is 18.9 Å². The van der Waals surface area contributed by atoms with Gasteiger partial charge in [-0.15, -0.1) is 12.4 Å². The number of anilines is 1. The molecule has 1 fully saturated rings. The molecule has 1 saturated carbocycles. The van der Waals surface area contributed by atoms with E-state index in [4.69, 9.17) is 10.8 Å². The number of aliphatic hydroxyl groups excluding tert-OH is 1. The van der Waals surface area contributed by atoms with Gasteiger partial charge >= 0.3 is 0 Å². The number of halogens is 1. The van der Waals surface area contributed by atoms with Crippen LogP contribution in [0, 0.1) is 0 Å². The number of nitrogens with two attached hydrogens (primary N) is 1.